The van der Waals surface area contributed by atoms with Crippen molar-refractivity contribution in [1.29, 1.82) is 0 Å². The van der Waals surface area contributed by atoms with E-state index in [-0.39, 0.29) is 11.9 Å². The van der Waals surface area contributed by atoms with Gasteiger partial charge in [-0.3, -0.25) is 9.69 Å². The van der Waals surface area contributed by atoms with Crippen molar-refractivity contribution in [1.82, 2.24) is 10.2 Å². The summed E-state index contributed by atoms with van der Waals surface area (Å²) in [5.74, 6) is 0.403. The lowest BCUT2D eigenvalue weighted by molar-refractivity contribution is -0.116. The van der Waals surface area contributed by atoms with Gasteiger partial charge < -0.3 is 10.1 Å². The normalized spacial score (nSPS) is 16.3. The standard InChI is InChI=1S/C24H29ClN2O2/c1-18(2)20-6-8-21(9-7-20)23(27-13-15-29-16-14-27)17-26-24(28)12-5-19-3-10-22(25)11-4-19/h3-12,18,23H,13-17H2,1-2H3,(H,26,28)/b12-5+/t23-/m1/s1. The maximum atomic E-state index is 12.4. The van der Waals surface area contributed by atoms with E-state index in [1.807, 2.05) is 24.3 Å². The van der Waals surface area contributed by atoms with Crippen molar-refractivity contribution < 1.29 is 9.53 Å². The first-order valence-corrected chi connectivity index (χ1v) is 10.5. The van der Waals surface area contributed by atoms with Crippen LogP contribution >= 0.6 is 11.6 Å². The second-order valence-corrected chi connectivity index (χ2v) is 8.05. The van der Waals surface area contributed by atoms with E-state index < -0.39 is 0 Å². The van der Waals surface area contributed by atoms with Gasteiger partial charge in [-0.15, -0.1) is 0 Å². The summed E-state index contributed by atoms with van der Waals surface area (Å²) in [5.41, 5.74) is 3.49. The molecule has 1 amide bonds. The molecule has 0 bridgehead atoms. The summed E-state index contributed by atoms with van der Waals surface area (Å²) in [7, 11) is 0. The molecule has 2 aromatic carbocycles. The summed E-state index contributed by atoms with van der Waals surface area (Å²) < 4.78 is 5.51. The molecule has 1 aliphatic rings. The average molecular weight is 413 g/mol. The van der Waals surface area contributed by atoms with Gasteiger partial charge in [0.25, 0.3) is 0 Å². The molecule has 1 atom stereocenters. The van der Waals surface area contributed by atoms with Crippen molar-refractivity contribution in [2.45, 2.75) is 25.8 Å². The molecule has 2 aromatic rings. The van der Waals surface area contributed by atoms with Crippen LogP contribution in [0.4, 0.5) is 0 Å². The van der Waals surface area contributed by atoms with Gasteiger partial charge in [-0.05, 0) is 40.8 Å². The van der Waals surface area contributed by atoms with Crippen molar-refractivity contribution in [3.63, 3.8) is 0 Å². The lowest BCUT2D eigenvalue weighted by Crippen LogP contribution is -2.43. The molecule has 0 radical (unpaired) electrons. The molecule has 1 heterocycles. The lowest BCUT2D eigenvalue weighted by atomic mass is 9.98. The number of benzene rings is 2. The Morgan fingerprint density at radius 1 is 1.07 bits per heavy atom. The second-order valence-electron chi connectivity index (χ2n) is 7.62. The van der Waals surface area contributed by atoms with Crippen LogP contribution in [0.1, 0.15) is 42.5 Å². The summed E-state index contributed by atoms with van der Waals surface area (Å²) in [6.07, 6.45) is 3.37. The summed E-state index contributed by atoms with van der Waals surface area (Å²) in [6.45, 7) is 8.14. The van der Waals surface area contributed by atoms with E-state index in [2.05, 4.69) is 48.3 Å². The number of amides is 1. The number of rotatable bonds is 7. The Morgan fingerprint density at radius 2 is 1.69 bits per heavy atom. The van der Waals surface area contributed by atoms with Crippen molar-refractivity contribution in [3.05, 3.63) is 76.3 Å². The number of carbonyl (C=O) groups excluding carboxylic acids is 1. The molecule has 1 N–H and O–H groups in total. The molecular formula is C24H29ClN2O2. The third-order valence-electron chi connectivity index (χ3n) is 5.24. The number of morpholine rings is 1. The predicted octanol–water partition coefficient (Wildman–Crippen LogP) is 4.67. The zero-order valence-electron chi connectivity index (χ0n) is 17.1. The van der Waals surface area contributed by atoms with Crippen LogP contribution in [0, 0.1) is 0 Å². The summed E-state index contributed by atoms with van der Waals surface area (Å²) >= 11 is 5.90. The number of nitrogens with one attached hydrogen (secondary N) is 1. The lowest BCUT2D eigenvalue weighted by Gasteiger charge is -2.35. The number of hydrogen-bond acceptors (Lipinski definition) is 3. The fourth-order valence-electron chi connectivity index (χ4n) is 3.45. The fourth-order valence-corrected chi connectivity index (χ4v) is 3.58. The van der Waals surface area contributed by atoms with Gasteiger partial charge in [0.05, 0.1) is 19.3 Å². The first-order valence-electron chi connectivity index (χ1n) is 10.2. The van der Waals surface area contributed by atoms with Gasteiger partial charge >= 0.3 is 0 Å². The van der Waals surface area contributed by atoms with Crippen LogP contribution < -0.4 is 5.32 Å². The molecule has 0 aliphatic carbocycles. The number of nitrogens with zero attached hydrogens (tertiary/aromatic N) is 1. The van der Waals surface area contributed by atoms with Crippen molar-refractivity contribution in [2.75, 3.05) is 32.8 Å². The largest absolute Gasteiger partial charge is 0.379 e. The highest BCUT2D eigenvalue weighted by Gasteiger charge is 2.23. The van der Waals surface area contributed by atoms with Gasteiger partial charge in [0.2, 0.25) is 5.91 Å². The van der Waals surface area contributed by atoms with Crippen LogP contribution in [-0.2, 0) is 9.53 Å². The van der Waals surface area contributed by atoms with Gasteiger partial charge in [-0.1, -0.05) is 61.8 Å². The maximum absolute atomic E-state index is 12.4. The third-order valence-corrected chi connectivity index (χ3v) is 5.49. The van der Waals surface area contributed by atoms with E-state index >= 15 is 0 Å². The highest BCUT2D eigenvalue weighted by atomic mass is 35.5. The van der Waals surface area contributed by atoms with E-state index in [4.69, 9.17) is 16.3 Å². The molecule has 5 heteroatoms. The zero-order valence-corrected chi connectivity index (χ0v) is 17.9. The minimum atomic E-state index is -0.1000. The zero-order chi connectivity index (χ0) is 20.6. The van der Waals surface area contributed by atoms with Crippen LogP contribution in [0.5, 0.6) is 0 Å². The van der Waals surface area contributed by atoms with Crippen molar-refractivity contribution in [3.8, 4) is 0 Å². The molecule has 0 spiro atoms. The average Bonchev–Trinajstić information content (AvgIpc) is 2.74. The molecule has 0 saturated carbocycles. The van der Waals surface area contributed by atoms with E-state index in [0.29, 0.717) is 17.5 Å². The summed E-state index contributed by atoms with van der Waals surface area (Å²) in [5, 5.41) is 3.75. The Balaban J connectivity index is 1.66. The van der Waals surface area contributed by atoms with Crippen LogP contribution in [-0.4, -0.2) is 43.7 Å². The topological polar surface area (TPSA) is 41.6 Å². The van der Waals surface area contributed by atoms with E-state index in [1.54, 1.807) is 12.2 Å². The van der Waals surface area contributed by atoms with Gasteiger partial charge in [0.15, 0.2) is 0 Å². The van der Waals surface area contributed by atoms with Gasteiger partial charge in [0, 0.05) is 30.7 Å². The Hall–Kier alpha value is -2.14. The predicted molar refractivity (Wildman–Crippen MR) is 119 cm³/mol. The fraction of sp³-hybridized carbons (Fsp3) is 0.375. The quantitative estimate of drug-likeness (QED) is 0.672. The monoisotopic (exact) mass is 412 g/mol. The second kappa shape index (κ2) is 10.6. The van der Waals surface area contributed by atoms with Crippen LogP contribution in [0.2, 0.25) is 5.02 Å². The van der Waals surface area contributed by atoms with Crippen LogP contribution in [0.15, 0.2) is 54.6 Å². The molecule has 1 saturated heterocycles. The SMILES string of the molecule is CC(C)c1ccc([C@@H](CNC(=O)/C=C/c2ccc(Cl)cc2)N2CCOCC2)cc1. The highest BCUT2D eigenvalue weighted by Crippen LogP contribution is 2.24. The molecule has 1 aliphatic heterocycles. The molecular weight excluding hydrogens is 384 g/mol. The van der Waals surface area contributed by atoms with Gasteiger partial charge in [-0.2, -0.15) is 0 Å². The summed E-state index contributed by atoms with van der Waals surface area (Å²) in [6, 6.07) is 16.3. The van der Waals surface area contributed by atoms with E-state index in [0.717, 1.165) is 31.9 Å². The molecule has 0 aromatic heterocycles. The minimum absolute atomic E-state index is 0.1000. The summed E-state index contributed by atoms with van der Waals surface area (Å²) in [4.78, 5) is 14.8. The number of halogens is 1. The molecule has 29 heavy (non-hydrogen) atoms. The Kier molecular flexibility index (Phi) is 7.87. The maximum Gasteiger partial charge on any atom is 0.244 e. The first-order chi connectivity index (χ1) is 14.0. The minimum Gasteiger partial charge on any atom is -0.379 e. The van der Waals surface area contributed by atoms with E-state index in [1.165, 1.54) is 11.1 Å². The Bertz CT molecular complexity index is 810. The number of ether oxygens (including phenoxy) is 1. The molecule has 154 valence electrons. The molecule has 1 fully saturated rings. The Labute approximate surface area is 178 Å². The van der Waals surface area contributed by atoms with Crippen LogP contribution in [0.3, 0.4) is 0 Å². The highest BCUT2D eigenvalue weighted by molar-refractivity contribution is 6.30. The smallest absolute Gasteiger partial charge is 0.244 e. The van der Waals surface area contributed by atoms with Crippen molar-refractivity contribution in [2.24, 2.45) is 0 Å². The molecule has 3 rings (SSSR count). The van der Waals surface area contributed by atoms with Gasteiger partial charge in [-0.25, -0.2) is 0 Å². The van der Waals surface area contributed by atoms with Crippen molar-refractivity contribution >= 4 is 23.6 Å². The molecule has 4 nitrogen and oxygen atoms in total. The third kappa shape index (κ3) is 6.43. The number of hydrogen-bond donors (Lipinski definition) is 1. The van der Waals surface area contributed by atoms with E-state index in [9.17, 15) is 4.79 Å². The molecule has 0 unspecified atom stereocenters. The Morgan fingerprint density at radius 3 is 2.31 bits per heavy atom. The number of carbonyl (C=O) groups is 1. The first kappa shape index (κ1) is 21.6. The van der Waals surface area contributed by atoms with Crippen LogP contribution in [0.25, 0.3) is 6.08 Å². The van der Waals surface area contributed by atoms with Gasteiger partial charge in [0.1, 0.15) is 0 Å².